The van der Waals surface area contributed by atoms with E-state index in [2.05, 4.69) is 11.7 Å². The van der Waals surface area contributed by atoms with Crippen molar-refractivity contribution in [2.75, 3.05) is 6.61 Å². The first-order valence-electron chi connectivity index (χ1n) is 15.3. The van der Waals surface area contributed by atoms with Crippen LogP contribution in [0.2, 0.25) is 0 Å². The normalized spacial score (nSPS) is 20.3. The summed E-state index contributed by atoms with van der Waals surface area (Å²) in [6.07, 6.45) is -0.480. The molecule has 0 aromatic heterocycles. The lowest BCUT2D eigenvalue weighted by Gasteiger charge is -2.36. The summed E-state index contributed by atoms with van der Waals surface area (Å²) in [5.41, 5.74) is -4.50. The molecule has 1 saturated carbocycles. The van der Waals surface area contributed by atoms with Crippen LogP contribution in [-0.2, 0) is 18.7 Å². The van der Waals surface area contributed by atoms with E-state index in [1.807, 2.05) is 0 Å². The van der Waals surface area contributed by atoms with E-state index < -0.39 is 63.8 Å². The monoisotopic (exact) mass is 662 g/mol. The number of halogens is 10. The SMILES string of the molecule is CCCCCC1CCC([C@@H]2COc3cc(-c4cc(F)c(C(F)(F)Oc5cc(F)c(C(F)(F)F)c(F)c5)c(F)c4)c(F)cc3C2)CC1. The summed E-state index contributed by atoms with van der Waals surface area (Å²) in [5.74, 6) is -8.95. The Balaban J connectivity index is 1.31. The maximum absolute atomic E-state index is 15.3. The molecular formula is C34H32F10O2. The van der Waals surface area contributed by atoms with Crippen LogP contribution in [0.4, 0.5) is 43.9 Å². The predicted molar refractivity (Wildman–Crippen MR) is 150 cm³/mol. The summed E-state index contributed by atoms with van der Waals surface area (Å²) < 4.78 is 151. The summed E-state index contributed by atoms with van der Waals surface area (Å²) in [6, 6.07) is 2.95. The number of ether oxygens (including phenoxy) is 2. The second-order valence-corrected chi connectivity index (χ2v) is 12.2. The summed E-state index contributed by atoms with van der Waals surface area (Å²) in [4.78, 5) is 0. The lowest BCUT2D eigenvalue weighted by Crippen LogP contribution is -2.31. The highest BCUT2D eigenvalue weighted by atomic mass is 19.4. The molecule has 1 fully saturated rings. The van der Waals surface area contributed by atoms with Gasteiger partial charge in [-0.25, -0.2) is 22.0 Å². The van der Waals surface area contributed by atoms with Gasteiger partial charge in [-0.3, -0.25) is 0 Å². The van der Waals surface area contributed by atoms with Crippen LogP contribution in [-0.4, -0.2) is 6.61 Å². The van der Waals surface area contributed by atoms with E-state index >= 15 is 4.39 Å². The van der Waals surface area contributed by atoms with Gasteiger partial charge < -0.3 is 9.47 Å². The van der Waals surface area contributed by atoms with Crippen molar-refractivity contribution in [2.24, 2.45) is 17.8 Å². The standard InChI is InChI=1S/C34H32F10O2/c1-2-3-4-5-18-6-8-19(9-7-18)22-10-21-13-25(35)24(16-30(21)45-17-22)20-11-26(36)32(27(37)12-20)34(43,44)46-23-14-28(38)31(29(39)15-23)33(40,41)42/h11-16,18-19,22H,2-10,17H2,1H3/t18?,19?,22-/m0/s1. The molecule has 0 amide bonds. The second-order valence-electron chi connectivity index (χ2n) is 12.2. The molecule has 0 unspecified atom stereocenters. The highest BCUT2D eigenvalue weighted by Crippen LogP contribution is 2.43. The highest BCUT2D eigenvalue weighted by molar-refractivity contribution is 5.68. The van der Waals surface area contributed by atoms with Gasteiger partial charge in [-0.05, 0) is 72.4 Å². The van der Waals surface area contributed by atoms with Gasteiger partial charge >= 0.3 is 12.3 Å². The van der Waals surface area contributed by atoms with Gasteiger partial charge in [0.25, 0.3) is 0 Å². The van der Waals surface area contributed by atoms with Crippen LogP contribution >= 0.6 is 0 Å². The van der Waals surface area contributed by atoms with Gasteiger partial charge in [0.15, 0.2) is 0 Å². The molecule has 5 rings (SSSR count). The lowest BCUT2D eigenvalue weighted by atomic mass is 9.72. The minimum atomic E-state index is -5.48. The molecule has 0 spiro atoms. The summed E-state index contributed by atoms with van der Waals surface area (Å²) >= 11 is 0. The first-order chi connectivity index (χ1) is 21.7. The van der Waals surface area contributed by atoms with Crippen molar-refractivity contribution in [3.63, 3.8) is 0 Å². The van der Waals surface area contributed by atoms with Crippen LogP contribution in [0.3, 0.4) is 0 Å². The number of alkyl halides is 5. The molecule has 1 aliphatic carbocycles. The fourth-order valence-electron chi connectivity index (χ4n) is 6.67. The van der Waals surface area contributed by atoms with Crippen LogP contribution in [0, 0.1) is 46.8 Å². The molecule has 1 heterocycles. The molecule has 12 heteroatoms. The molecular weight excluding hydrogens is 630 g/mol. The fraction of sp³-hybridized carbons (Fsp3) is 0.471. The van der Waals surface area contributed by atoms with Crippen LogP contribution in [0.5, 0.6) is 11.5 Å². The van der Waals surface area contributed by atoms with Crippen LogP contribution in [0.25, 0.3) is 11.1 Å². The Morgan fingerprint density at radius 3 is 1.91 bits per heavy atom. The quantitative estimate of drug-likeness (QED) is 0.168. The van der Waals surface area contributed by atoms with Gasteiger partial charge in [0.1, 0.15) is 51.7 Å². The average molecular weight is 663 g/mol. The van der Waals surface area contributed by atoms with Crippen molar-refractivity contribution in [3.05, 3.63) is 82.2 Å². The minimum Gasteiger partial charge on any atom is -0.493 e. The van der Waals surface area contributed by atoms with E-state index in [1.165, 1.54) is 37.8 Å². The second kappa shape index (κ2) is 13.4. The lowest BCUT2D eigenvalue weighted by molar-refractivity contribution is -0.189. The predicted octanol–water partition coefficient (Wildman–Crippen LogP) is 11.1. The Bertz CT molecular complexity index is 1510. The number of hydrogen-bond donors (Lipinski definition) is 0. The van der Waals surface area contributed by atoms with E-state index in [0.717, 1.165) is 31.6 Å². The number of fused-ring (bicyclic) bond motifs is 1. The first-order valence-corrected chi connectivity index (χ1v) is 15.3. The largest absolute Gasteiger partial charge is 0.493 e. The van der Waals surface area contributed by atoms with E-state index in [4.69, 9.17) is 4.74 Å². The third kappa shape index (κ3) is 7.25. The molecule has 3 aromatic rings. The Kier molecular flexibility index (Phi) is 9.84. The molecule has 0 N–H and O–H groups in total. The first kappa shape index (κ1) is 33.9. The number of hydrogen-bond acceptors (Lipinski definition) is 2. The van der Waals surface area contributed by atoms with Crippen molar-refractivity contribution in [1.82, 2.24) is 0 Å². The molecule has 0 radical (unpaired) electrons. The number of unbranched alkanes of at least 4 members (excludes halogenated alkanes) is 2. The Morgan fingerprint density at radius 1 is 0.717 bits per heavy atom. The van der Waals surface area contributed by atoms with Gasteiger partial charge in [-0.15, -0.1) is 0 Å². The van der Waals surface area contributed by atoms with E-state index in [1.54, 1.807) is 0 Å². The molecule has 0 saturated heterocycles. The summed E-state index contributed by atoms with van der Waals surface area (Å²) in [6.45, 7) is 2.57. The Morgan fingerprint density at radius 2 is 1.33 bits per heavy atom. The number of benzene rings is 3. The molecule has 3 aromatic carbocycles. The van der Waals surface area contributed by atoms with E-state index in [0.29, 0.717) is 42.4 Å². The van der Waals surface area contributed by atoms with E-state index in [9.17, 15) is 39.5 Å². The van der Waals surface area contributed by atoms with Crippen LogP contribution in [0.15, 0.2) is 36.4 Å². The molecule has 1 aliphatic heterocycles. The molecule has 46 heavy (non-hydrogen) atoms. The van der Waals surface area contributed by atoms with Crippen molar-refractivity contribution in [1.29, 1.82) is 0 Å². The molecule has 250 valence electrons. The maximum Gasteiger partial charge on any atom is 0.432 e. The number of rotatable bonds is 9. The smallest absolute Gasteiger partial charge is 0.432 e. The van der Waals surface area contributed by atoms with Crippen molar-refractivity contribution < 1.29 is 53.4 Å². The van der Waals surface area contributed by atoms with Crippen LogP contribution < -0.4 is 9.47 Å². The van der Waals surface area contributed by atoms with Gasteiger partial charge in [0.2, 0.25) is 0 Å². The maximum atomic E-state index is 15.3. The third-order valence-corrected chi connectivity index (χ3v) is 9.05. The Hall–Kier alpha value is -3.44. The molecule has 2 nitrogen and oxygen atoms in total. The molecule has 0 bridgehead atoms. The average Bonchev–Trinajstić information content (AvgIpc) is 2.95. The van der Waals surface area contributed by atoms with Gasteiger partial charge in [0, 0.05) is 17.7 Å². The van der Waals surface area contributed by atoms with Crippen molar-refractivity contribution in [3.8, 4) is 22.6 Å². The zero-order valence-electron chi connectivity index (χ0n) is 24.9. The summed E-state index contributed by atoms with van der Waals surface area (Å²) in [5, 5.41) is 0. The molecule has 2 aliphatic rings. The fourth-order valence-corrected chi connectivity index (χ4v) is 6.67. The summed E-state index contributed by atoms with van der Waals surface area (Å²) in [7, 11) is 0. The van der Waals surface area contributed by atoms with E-state index in [-0.39, 0.29) is 23.6 Å². The highest BCUT2D eigenvalue weighted by Gasteiger charge is 2.43. The zero-order valence-corrected chi connectivity index (χ0v) is 24.9. The van der Waals surface area contributed by atoms with Crippen molar-refractivity contribution >= 4 is 0 Å². The zero-order chi connectivity index (χ0) is 33.4. The van der Waals surface area contributed by atoms with Crippen LogP contribution in [0.1, 0.15) is 75.0 Å². The van der Waals surface area contributed by atoms with Gasteiger partial charge in [-0.1, -0.05) is 45.4 Å². The molecule has 1 atom stereocenters. The van der Waals surface area contributed by atoms with Gasteiger partial charge in [-0.2, -0.15) is 22.0 Å². The topological polar surface area (TPSA) is 18.5 Å². The minimum absolute atomic E-state index is 0.184. The van der Waals surface area contributed by atoms with Crippen molar-refractivity contribution in [2.45, 2.75) is 77.0 Å². The third-order valence-electron chi connectivity index (χ3n) is 9.05. The van der Waals surface area contributed by atoms with Gasteiger partial charge in [0.05, 0.1) is 6.61 Å². The Labute approximate surface area is 259 Å².